The van der Waals surface area contributed by atoms with Crippen LogP contribution < -0.4 is 10.6 Å². The van der Waals surface area contributed by atoms with Crippen LogP contribution in [-0.4, -0.2) is 29.1 Å². The molecule has 0 amide bonds. The Hall–Kier alpha value is -8.22. The molecule has 12 rings (SSSR count). The molecule has 0 bridgehead atoms. The highest BCUT2D eigenvalue weighted by Gasteiger charge is 2.20. The molecule has 1 aliphatic carbocycles. The third-order valence-corrected chi connectivity index (χ3v) is 12.3. The minimum Gasteiger partial charge on any atom is -0.310 e. The standard InChI is InChI=1S/C57H40N6/c1-37-27-30-51-48(33-37)54-45(42-31-32-58-49(35-42)57-60-55(38-15-5-2-6-16-38)59-56(61-57)39-17-7-3-8-18-39)24-14-26-52(54)63(51)44-22-13-19-40(34-44)41-28-29-47-46-23-11-12-25-50(46)62(53(47)36-41)43-20-9-4-10-21-43/h2-26,28-37H,27H2,1H3. The lowest BCUT2D eigenvalue weighted by Gasteiger charge is -2.12. The molecule has 6 nitrogen and oxygen atoms in total. The van der Waals surface area contributed by atoms with E-state index in [1.165, 1.54) is 48.9 Å². The van der Waals surface area contributed by atoms with Crippen molar-refractivity contribution in [1.29, 1.82) is 0 Å². The van der Waals surface area contributed by atoms with E-state index in [0.29, 0.717) is 29.1 Å². The van der Waals surface area contributed by atoms with Crippen molar-refractivity contribution in [3.8, 4) is 67.9 Å². The van der Waals surface area contributed by atoms with Gasteiger partial charge >= 0.3 is 0 Å². The summed E-state index contributed by atoms with van der Waals surface area (Å²) in [6, 6.07) is 66.3. The second kappa shape index (κ2) is 15.0. The van der Waals surface area contributed by atoms with Crippen molar-refractivity contribution in [1.82, 2.24) is 29.1 Å². The molecule has 0 N–H and O–H groups in total. The molecule has 298 valence electrons. The maximum atomic E-state index is 5.00. The summed E-state index contributed by atoms with van der Waals surface area (Å²) in [5, 5.41) is 6.20. The number of fused-ring (bicyclic) bond motifs is 6. The number of benzene rings is 7. The molecule has 7 aromatic carbocycles. The van der Waals surface area contributed by atoms with Gasteiger partial charge in [-0.1, -0.05) is 153 Å². The summed E-state index contributed by atoms with van der Waals surface area (Å²) in [7, 11) is 0. The fourth-order valence-electron chi connectivity index (χ4n) is 9.40. The predicted molar refractivity (Wildman–Crippen MR) is 258 cm³/mol. The third kappa shape index (κ3) is 6.34. The Morgan fingerprint density at radius 2 is 1.08 bits per heavy atom. The molecule has 4 heterocycles. The number of hydrogen-bond donors (Lipinski definition) is 0. The highest BCUT2D eigenvalue weighted by atomic mass is 15.0. The number of para-hydroxylation sites is 2. The summed E-state index contributed by atoms with van der Waals surface area (Å²) in [5.74, 6) is 2.16. The van der Waals surface area contributed by atoms with Gasteiger partial charge in [-0.05, 0) is 89.2 Å². The van der Waals surface area contributed by atoms with E-state index in [1.807, 2.05) is 66.9 Å². The van der Waals surface area contributed by atoms with E-state index in [9.17, 15) is 0 Å². The molecule has 1 unspecified atom stereocenters. The summed E-state index contributed by atoms with van der Waals surface area (Å²) < 4.78 is 4.84. The Morgan fingerprint density at radius 1 is 0.460 bits per heavy atom. The highest BCUT2D eigenvalue weighted by Crippen LogP contribution is 2.36. The number of nitrogens with zero attached hydrogens (tertiary/aromatic N) is 6. The first-order chi connectivity index (χ1) is 31.1. The average molecular weight is 809 g/mol. The smallest absolute Gasteiger partial charge is 0.182 e. The first-order valence-corrected chi connectivity index (χ1v) is 21.5. The van der Waals surface area contributed by atoms with E-state index >= 15 is 0 Å². The van der Waals surface area contributed by atoms with Gasteiger partial charge in [0.1, 0.15) is 5.69 Å². The SMILES string of the molecule is CC1C=c2c(n(-c3cccc(-c4ccc5c6ccccc6n(-c6ccccc6)c5c4)c3)c3cccc(-c4ccnc(-c5nc(-c6ccccc6)nc(-c6ccccc6)n5)c4)c23)=CC1. The third-order valence-electron chi connectivity index (χ3n) is 12.3. The van der Waals surface area contributed by atoms with Crippen molar-refractivity contribution in [3.05, 3.63) is 205 Å². The number of pyridine rings is 1. The molecule has 0 saturated heterocycles. The van der Waals surface area contributed by atoms with Gasteiger partial charge in [-0.3, -0.25) is 4.98 Å². The van der Waals surface area contributed by atoms with Crippen LogP contribution in [0.2, 0.25) is 0 Å². The number of rotatable bonds is 7. The van der Waals surface area contributed by atoms with Gasteiger partial charge in [0.25, 0.3) is 0 Å². The van der Waals surface area contributed by atoms with E-state index in [2.05, 4.69) is 156 Å². The Labute approximate surface area is 364 Å². The second-order valence-electron chi connectivity index (χ2n) is 16.4. The Balaban J connectivity index is 1.00. The highest BCUT2D eigenvalue weighted by molar-refractivity contribution is 6.10. The zero-order chi connectivity index (χ0) is 41.9. The molecule has 1 aliphatic rings. The molecular weight excluding hydrogens is 769 g/mol. The maximum absolute atomic E-state index is 5.00. The van der Waals surface area contributed by atoms with Crippen LogP contribution in [0.5, 0.6) is 0 Å². The number of hydrogen-bond acceptors (Lipinski definition) is 4. The minimum absolute atomic E-state index is 0.407. The van der Waals surface area contributed by atoms with Crippen LogP contribution in [-0.2, 0) is 0 Å². The summed E-state index contributed by atoms with van der Waals surface area (Å²) in [6.07, 6.45) is 7.71. The van der Waals surface area contributed by atoms with Gasteiger partial charge in [0.05, 0.1) is 16.6 Å². The summed E-state index contributed by atoms with van der Waals surface area (Å²) >= 11 is 0. The molecule has 0 aliphatic heterocycles. The maximum Gasteiger partial charge on any atom is 0.182 e. The molecule has 0 saturated carbocycles. The average Bonchev–Trinajstić information content (AvgIpc) is 3.87. The topological polar surface area (TPSA) is 61.4 Å². The van der Waals surface area contributed by atoms with E-state index in [4.69, 9.17) is 19.9 Å². The molecule has 4 aromatic heterocycles. The Bertz CT molecular complexity index is 3610. The van der Waals surface area contributed by atoms with Crippen molar-refractivity contribution in [2.75, 3.05) is 0 Å². The molecule has 11 aromatic rings. The first kappa shape index (κ1) is 36.6. The quantitative estimate of drug-likeness (QED) is 0.161. The van der Waals surface area contributed by atoms with E-state index in [1.54, 1.807) is 0 Å². The van der Waals surface area contributed by atoms with Crippen molar-refractivity contribution < 1.29 is 0 Å². The van der Waals surface area contributed by atoms with Crippen LogP contribution in [0.4, 0.5) is 0 Å². The molecule has 6 heteroatoms. The van der Waals surface area contributed by atoms with Gasteiger partial charge in [0.2, 0.25) is 0 Å². The second-order valence-corrected chi connectivity index (χ2v) is 16.4. The Morgan fingerprint density at radius 3 is 1.86 bits per heavy atom. The van der Waals surface area contributed by atoms with Crippen molar-refractivity contribution in [2.45, 2.75) is 13.3 Å². The van der Waals surface area contributed by atoms with Crippen molar-refractivity contribution >= 4 is 44.9 Å². The normalized spacial score (nSPS) is 13.5. The van der Waals surface area contributed by atoms with Gasteiger partial charge in [-0.15, -0.1) is 0 Å². The monoisotopic (exact) mass is 808 g/mol. The molecule has 0 spiro atoms. The predicted octanol–water partition coefficient (Wildman–Crippen LogP) is 12.2. The van der Waals surface area contributed by atoms with Gasteiger partial charge < -0.3 is 9.13 Å². The zero-order valence-electron chi connectivity index (χ0n) is 34.6. The van der Waals surface area contributed by atoms with Gasteiger partial charge in [0.15, 0.2) is 17.5 Å². The molecular formula is C57H40N6. The molecule has 0 radical (unpaired) electrons. The first-order valence-electron chi connectivity index (χ1n) is 21.5. The fourth-order valence-corrected chi connectivity index (χ4v) is 9.40. The number of aromatic nitrogens is 6. The largest absolute Gasteiger partial charge is 0.310 e. The van der Waals surface area contributed by atoms with E-state index in [0.717, 1.165) is 45.6 Å². The van der Waals surface area contributed by atoms with Gasteiger partial charge in [0, 0.05) is 55.4 Å². The van der Waals surface area contributed by atoms with Crippen molar-refractivity contribution in [2.24, 2.45) is 5.92 Å². The molecule has 63 heavy (non-hydrogen) atoms. The lowest BCUT2D eigenvalue weighted by atomic mass is 9.96. The summed E-state index contributed by atoms with van der Waals surface area (Å²) in [4.78, 5) is 19.8. The fraction of sp³-hybridized carbons (Fsp3) is 0.0526. The minimum atomic E-state index is 0.407. The molecule has 1 atom stereocenters. The van der Waals surface area contributed by atoms with Gasteiger partial charge in [-0.25, -0.2) is 15.0 Å². The van der Waals surface area contributed by atoms with Gasteiger partial charge in [-0.2, -0.15) is 0 Å². The lowest BCUT2D eigenvalue weighted by molar-refractivity contribution is 0.795. The summed E-state index contributed by atoms with van der Waals surface area (Å²) in [5.41, 5.74) is 12.9. The van der Waals surface area contributed by atoms with E-state index < -0.39 is 0 Å². The molecule has 0 fully saturated rings. The van der Waals surface area contributed by atoms with Crippen LogP contribution in [0.25, 0.3) is 113 Å². The van der Waals surface area contributed by atoms with Crippen LogP contribution in [0.3, 0.4) is 0 Å². The van der Waals surface area contributed by atoms with Crippen LogP contribution in [0.1, 0.15) is 13.3 Å². The van der Waals surface area contributed by atoms with Crippen LogP contribution >= 0.6 is 0 Å². The summed E-state index contributed by atoms with van der Waals surface area (Å²) in [6.45, 7) is 2.30. The zero-order valence-corrected chi connectivity index (χ0v) is 34.6. The van der Waals surface area contributed by atoms with Crippen LogP contribution in [0, 0.1) is 5.92 Å². The van der Waals surface area contributed by atoms with E-state index in [-0.39, 0.29) is 0 Å². The lowest BCUT2D eigenvalue weighted by Crippen LogP contribution is -2.31. The van der Waals surface area contributed by atoms with Crippen LogP contribution in [0.15, 0.2) is 194 Å². The Kier molecular flexibility index (Phi) is 8.75. The van der Waals surface area contributed by atoms with Crippen molar-refractivity contribution in [3.63, 3.8) is 0 Å².